The molecule has 0 aliphatic carbocycles. The van der Waals surface area contributed by atoms with E-state index in [1.54, 1.807) is 21.2 Å². The van der Waals surface area contributed by atoms with Crippen molar-refractivity contribution in [2.75, 3.05) is 12.4 Å². The van der Waals surface area contributed by atoms with Crippen LogP contribution in [0.2, 0.25) is 0 Å². The molecule has 160 valence electrons. The van der Waals surface area contributed by atoms with E-state index in [9.17, 15) is 14.4 Å². The van der Waals surface area contributed by atoms with Gasteiger partial charge in [0.05, 0.1) is 17.6 Å². The average molecular weight is 438 g/mol. The molecule has 0 spiro atoms. The number of hydrogen-bond acceptors (Lipinski definition) is 5. The van der Waals surface area contributed by atoms with E-state index in [2.05, 4.69) is 4.98 Å². The fraction of sp³-hybridized carbons (Fsp3) is 0.348. The van der Waals surface area contributed by atoms with Crippen molar-refractivity contribution in [2.24, 2.45) is 0 Å². The third-order valence-corrected chi connectivity index (χ3v) is 7.67. The summed E-state index contributed by atoms with van der Waals surface area (Å²) < 4.78 is 7.19. The van der Waals surface area contributed by atoms with Crippen LogP contribution in [0.4, 0.5) is 0 Å². The van der Waals surface area contributed by atoms with E-state index < -0.39 is 10.9 Å². The number of hydrogen-bond donors (Lipinski definition) is 1. The molecule has 2 saturated heterocycles. The molecular formula is C23H23N3O4S. The van der Waals surface area contributed by atoms with E-state index in [-0.39, 0.29) is 24.2 Å². The summed E-state index contributed by atoms with van der Waals surface area (Å²) in [5.41, 5.74) is 2.51. The summed E-state index contributed by atoms with van der Waals surface area (Å²) in [6, 6.07) is 16.8. The summed E-state index contributed by atoms with van der Waals surface area (Å²) in [4.78, 5) is 41.7. The first kappa shape index (κ1) is 19.9. The number of nitrogens with one attached hydrogen (secondary N) is 1. The number of rotatable bonds is 6. The average Bonchev–Trinajstić information content (AvgIpc) is 3.44. The molecule has 1 aromatic heterocycles. The van der Waals surface area contributed by atoms with Crippen molar-refractivity contribution in [1.29, 1.82) is 0 Å². The van der Waals surface area contributed by atoms with Crippen molar-refractivity contribution >= 4 is 34.7 Å². The molecule has 8 heteroatoms. The highest BCUT2D eigenvalue weighted by molar-refractivity contribution is 8.00. The molecule has 3 aromatic rings. The molecule has 5 rings (SSSR count). The van der Waals surface area contributed by atoms with Gasteiger partial charge in [0.25, 0.3) is 0 Å². The smallest absolute Gasteiger partial charge is 0.329 e. The summed E-state index contributed by atoms with van der Waals surface area (Å²) >= 11 is 1.65. The third-order valence-electron chi connectivity index (χ3n) is 6.08. The maximum absolute atomic E-state index is 12.8. The molecule has 0 radical (unpaired) electrons. The monoisotopic (exact) mass is 437 g/mol. The van der Waals surface area contributed by atoms with E-state index in [4.69, 9.17) is 4.74 Å². The Morgan fingerprint density at radius 1 is 1.13 bits per heavy atom. The number of carbonyl (C=O) groups excluding carboxylic acids is 2. The number of carbonyl (C=O) groups is 2. The third kappa shape index (κ3) is 3.35. The molecule has 2 aromatic carbocycles. The Labute approximate surface area is 183 Å². The fourth-order valence-electron chi connectivity index (χ4n) is 4.64. The summed E-state index contributed by atoms with van der Waals surface area (Å²) in [5.74, 6) is 0.162. The van der Waals surface area contributed by atoms with Gasteiger partial charge < -0.3 is 14.6 Å². The van der Waals surface area contributed by atoms with Crippen molar-refractivity contribution in [1.82, 2.24) is 14.5 Å². The number of amides is 1. The maximum atomic E-state index is 12.8. The number of nitrogens with zero attached hydrogens (tertiary/aromatic N) is 2. The predicted molar refractivity (Wildman–Crippen MR) is 119 cm³/mol. The number of aryl methyl sites for hydroxylation is 1. The van der Waals surface area contributed by atoms with Crippen LogP contribution in [0.5, 0.6) is 0 Å². The van der Waals surface area contributed by atoms with E-state index in [0.717, 1.165) is 16.6 Å². The molecule has 2 atom stereocenters. The van der Waals surface area contributed by atoms with Gasteiger partial charge in [0.15, 0.2) is 0 Å². The number of fused-ring (bicyclic) bond motifs is 2. The van der Waals surface area contributed by atoms with Crippen LogP contribution in [-0.4, -0.2) is 44.7 Å². The lowest BCUT2D eigenvalue weighted by atomic mass is 10.0. The van der Waals surface area contributed by atoms with Crippen LogP contribution in [0.1, 0.15) is 24.8 Å². The van der Waals surface area contributed by atoms with Gasteiger partial charge in [-0.2, -0.15) is 0 Å². The molecule has 1 amide bonds. The number of imidazole rings is 1. The van der Waals surface area contributed by atoms with E-state index in [1.807, 2.05) is 54.6 Å². The quantitative estimate of drug-likeness (QED) is 0.474. The molecule has 0 saturated carbocycles. The van der Waals surface area contributed by atoms with Gasteiger partial charge in [-0.1, -0.05) is 42.5 Å². The van der Waals surface area contributed by atoms with Crippen LogP contribution >= 0.6 is 11.8 Å². The van der Waals surface area contributed by atoms with Gasteiger partial charge in [-0.15, -0.1) is 11.8 Å². The molecule has 2 aliphatic heterocycles. The highest BCUT2D eigenvalue weighted by atomic mass is 32.2. The Kier molecular flexibility index (Phi) is 5.09. The molecule has 0 bridgehead atoms. The normalized spacial score (nSPS) is 22.8. The lowest BCUT2D eigenvalue weighted by Crippen LogP contribution is -2.46. The topological polar surface area (TPSA) is 84.4 Å². The van der Waals surface area contributed by atoms with E-state index >= 15 is 0 Å². The molecule has 1 N–H and O–H groups in total. The first-order valence-electron chi connectivity index (χ1n) is 10.5. The molecule has 2 fully saturated rings. The van der Waals surface area contributed by atoms with Gasteiger partial charge in [0.1, 0.15) is 10.9 Å². The summed E-state index contributed by atoms with van der Waals surface area (Å²) in [6.07, 6.45) is 1.66. The summed E-state index contributed by atoms with van der Waals surface area (Å²) in [5, 5.41) is 0. The van der Waals surface area contributed by atoms with Crippen molar-refractivity contribution in [3.63, 3.8) is 0 Å². The second kappa shape index (κ2) is 7.92. The Morgan fingerprint density at radius 3 is 2.74 bits per heavy atom. The second-order valence-electron chi connectivity index (χ2n) is 7.86. The SMILES string of the molecule is O=C(OCCCn1c(=O)[nH]c2ccccc21)[C@H]1CS[C@]2(c3ccccc3)CCC(=O)N12. The number of thioether (sulfide) groups is 1. The Bertz CT molecular complexity index is 1190. The van der Waals surface area contributed by atoms with Crippen LogP contribution in [0.3, 0.4) is 0 Å². The highest BCUT2D eigenvalue weighted by Crippen LogP contribution is 2.54. The maximum Gasteiger partial charge on any atom is 0.329 e. The van der Waals surface area contributed by atoms with Gasteiger partial charge in [-0.05, 0) is 30.5 Å². The number of para-hydroxylation sites is 2. The zero-order chi connectivity index (χ0) is 21.4. The Morgan fingerprint density at radius 2 is 1.90 bits per heavy atom. The fourth-order valence-corrected chi connectivity index (χ4v) is 6.27. The van der Waals surface area contributed by atoms with E-state index in [0.29, 0.717) is 31.6 Å². The van der Waals surface area contributed by atoms with E-state index in [1.165, 1.54) is 0 Å². The van der Waals surface area contributed by atoms with Crippen LogP contribution < -0.4 is 5.69 Å². The first-order valence-corrected chi connectivity index (χ1v) is 11.4. The van der Waals surface area contributed by atoms with Crippen LogP contribution in [0, 0.1) is 0 Å². The minimum absolute atomic E-state index is 0.00106. The van der Waals surface area contributed by atoms with Crippen LogP contribution in [-0.2, 0) is 25.7 Å². The largest absolute Gasteiger partial charge is 0.464 e. The predicted octanol–water partition coefficient (Wildman–Crippen LogP) is 2.85. The Hall–Kier alpha value is -3.00. The van der Waals surface area contributed by atoms with Gasteiger partial charge in [-0.25, -0.2) is 9.59 Å². The molecule has 2 aliphatic rings. The van der Waals surface area contributed by atoms with Crippen molar-refractivity contribution in [2.45, 2.75) is 36.7 Å². The standard InChI is InChI=1S/C23H23N3O4S/c27-20-11-12-23(16-7-2-1-3-8-16)26(20)19(15-31-23)21(28)30-14-6-13-25-18-10-5-4-9-17(18)24-22(25)29/h1-5,7-10,19H,6,11-15H2,(H,24,29)/t19-,23+/m1/s1. The zero-order valence-electron chi connectivity index (χ0n) is 17.0. The number of aromatic amines is 1. The van der Waals surface area contributed by atoms with Crippen molar-refractivity contribution in [3.05, 3.63) is 70.6 Å². The van der Waals surface area contributed by atoms with Gasteiger partial charge in [0.2, 0.25) is 5.91 Å². The Balaban J connectivity index is 1.23. The number of H-pyrrole nitrogens is 1. The summed E-state index contributed by atoms with van der Waals surface area (Å²) in [7, 11) is 0. The number of aromatic nitrogens is 2. The summed E-state index contributed by atoms with van der Waals surface area (Å²) in [6.45, 7) is 0.651. The van der Waals surface area contributed by atoms with Crippen molar-refractivity contribution < 1.29 is 14.3 Å². The lowest BCUT2D eigenvalue weighted by Gasteiger charge is -2.33. The van der Waals surface area contributed by atoms with Gasteiger partial charge in [-0.3, -0.25) is 9.36 Å². The lowest BCUT2D eigenvalue weighted by molar-refractivity contribution is -0.154. The van der Waals surface area contributed by atoms with Crippen LogP contribution in [0.25, 0.3) is 11.0 Å². The highest BCUT2D eigenvalue weighted by Gasteiger charge is 2.57. The zero-order valence-corrected chi connectivity index (χ0v) is 17.8. The minimum atomic E-state index is -0.573. The molecule has 0 unspecified atom stereocenters. The number of esters is 1. The van der Waals surface area contributed by atoms with Gasteiger partial charge in [0, 0.05) is 18.7 Å². The second-order valence-corrected chi connectivity index (χ2v) is 9.16. The number of ether oxygens (including phenoxy) is 1. The first-order chi connectivity index (χ1) is 15.1. The van der Waals surface area contributed by atoms with Crippen molar-refractivity contribution in [3.8, 4) is 0 Å². The van der Waals surface area contributed by atoms with Gasteiger partial charge >= 0.3 is 11.7 Å². The molecular weight excluding hydrogens is 414 g/mol. The van der Waals surface area contributed by atoms with Crippen LogP contribution in [0.15, 0.2) is 59.4 Å². The molecule has 7 nitrogen and oxygen atoms in total. The molecule has 31 heavy (non-hydrogen) atoms. The number of benzene rings is 2. The minimum Gasteiger partial charge on any atom is -0.464 e. The molecule has 3 heterocycles.